The number of halogens is 5. The molecule has 0 amide bonds. The van der Waals surface area contributed by atoms with Gasteiger partial charge in [0.25, 0.3) is 0 Å². The molecule has 0 fully saturated rings. The lowest BCUT2D eigenvalue weighted by Gasteiger charge is -2.06. The number of ether oxygens (including phenoxy) is 1. The summed E-state index contributed by atoms with van der Waals surface area (Å²) >= 11 is 3.01. The maximum absolute atomic E-state index is 13.4. The zero-order chi connectivity index (χ0) is 19.6. The fourth-order valence-electron chi connectivity index (χ4n) is 2.06. The highest BCUT2D eigenvalue weighted by Gasteiger charge is 2.38. The number of hydrogen-bond acceptors (Lipinski definition) is 5. The second-order valence-corrected chi connectivity index (χ2v) is 6.14. The summed E-state index contributed by atoms with van der Waals surface area (Å²) in [5.74, 6) is -2.43. The van der Waals surface area contributed by atoms with Gasteiger partial charge in [-0.05, 0) is 28.1 Å². The fourth-order valence-corrected chi connectivity index (χ4v) is 2.31. The molecule has 3 aromatic rings. The molecule has 140 valence electrons. The van der Waals surface area contributed by atoms with Crippen molar-refractivity contribution in [2.45, 2.75) is 6.18 Å². The monoisotopic (exact) mass is 444 g/mol. The lowest BCUT2D eigenvalue weighted by atomic mass is 10.1. The Bertz CT molecular complexity index is 971. The van der Waals surface area contributed by atoms with E-state index in [-0.39, 0.29) is 33.8 Å². The second-order valence-electron chi connectivity index (χ2n) is 5.29. The molecule has 1 heterocycles. The number of carbonyl (C=O) groups is 1. The molecule has 0 N–H and O–H groups in total. The minimum Gasteiger partial charge on any atom is -0.485 e. The van der Waals surface area contributed by atoms with Crippen LogP contribution in [-0.2, 0) is 6.18 Å². The molecule has 10 heteroatoms. The second kappa shape index (κ2) is 7.47. The SMILES string of the molecule is O=C(COc1ccc(Br)c(F)c1)c1ccc(-c2noc(C(F)(F)F)n2)cc1. The first kappa shape index (κ1) is 19.0. The molecule has 0 aliphatic rings. The number of alkyl halides is 3. The van der Waals surface area contributed by atoms with Crippen molar-refractivity contribution in [3.63, 3.8) is 0 Å². The molecule has 3 rings (SSSR count). The molecular formula is C17H9BrF4N2O3. The van der Waals surface area contributed by atoms with Gasteiger partial charge in [0, 0.05) is 17.2 Å². The van der Waals surface area contributed by atoms with Crippen LogP contribution in [0.2, 0.25) is 0 Å². The molecule has 0 bridgehead atoms. The Labute approximate surface area is 158 Å². The van der Waals surface area contributed by atoms with Gasteiger partial charge in [-0.15, -0.1) is 0 Å². The van der Waals surface area contributed by atoms with Gasteiger partial charge in [-0.1, -0.05) is 29.4 Å². The normalized spacial score (nSPS) is 11.4. The number of aromatic nitrogens is 2. The summed E-state index contributed by atoms with van der Waals surface area (Å²) < 4.78 is 60.5. The van der Waals surface area contributed by atoms with Gasteiger partial charge in [0.15, 0.2) is 12.4 Å². The molecule has 0 radical (unpaired) electrons. The minimum absolute atomic E-state index is 0.187. The van der Waals surface area contributed by atoms with Crippen LogP contribution in [0, 0.1) is 5.82 Å². The van der Waals surface area contributed by atoms with Crippen molar-refractivity contribution in [3.05, 3.63) is 64.2 Å². The number of ketones is 1. The number of hydrogen-bond donors (Lipinski definition) is 0. The van der Waals surface area contributed by atoms with E-state index in [1.54, 1.807) is 0 Å². The first-order valence-corrected chi connectivity index (χ1v) is 8.16. The molecule has 0 aliphatic heterocycles. The lowest BCUT2D eigenvalue weighted by molar-refractivity contribution is -0.159. The average Bonchev–Trinajstić information content (AvgIpc) is 3.13. The van der Waals surface area contributed by atoms with Gasteiger partial charge in [-0.2, -0.15) is 18.2 Å². The molecule has 0 unspecified atom stereocenters. The van der Waals surface area contributed by atoms with Gasteiger partial charge in [-0.3, -0.25) is 4.79 Å². The van der Waals surface area contributed by atoms with Gasteiger partial charge in [0.05, 0.1) is 4.47 Å². The van der Waals surface area contributed by atoms with Crippen molar-refractivity contribution >= 4 is 21.7 Å². The lowest BCUT2D eigenvalue weighted by Crippen LogP contribution is -2.11. The quantitative estimate of drug-likeness (QED) is 0.412. The summed E-state index contributed by atoms with van der Waals surface area (Å²) in [6.07, 6.45) is -4.73. The molecular weight excluding hydrogens is 436 g/mol. The number of benzene rings is 2. The van der Waals surface area contributed by atoms with Crippen LogP contribution >= 0.6 is 15.9 Å². The van der Waals surface area contributed by atoms with E-state index in [4.69, 9.17) is 4.74 Å². The molecule has 5 nitrogen and oxygen atoms in total. The van der Waals surface area contributed by atoms with Crippen LogP contribution in [0.1, 0.15) is 16.2 Å². The average molecular weight is 445 g/mol. The van der Waals surface area contributed by atoms with E-state index in [1.165, 1.54) is 36.4 Å². The maximum Gasteiger partial charge on any atom is 0.471 e. The van der Waals surface area contributed by atoms with Crippen LogP contribution in [0.5, 0.6) is 5.75 Å². The Kier molecular flexibility index (Phi) is 5.26. The summed E-state index contributed by atoms with van der Waals surface area (Å²) in [7, 11) is 0. The predicted octanol–water partition coefficient (Wildman–Crippen LogP) is 4.92. The Morgan fingerprint density at radius 3 is 2.44 bits per heavy atom. The summed E-state index contributed by atoms with van der Waals surface area (Å²) in [5.41, 5.74) is 0.512. The summed E-state index contributed by atoms with van der Waals surface area (Å²) in [6, 6.07) is 9.64. The smallest absolute Gasteiger partial charge is 0.471 e. The zero-order valence-electron chi connectivity index (χ0n) is 13.3. The van der Waals surface area contributed by atoms with Gasteiger partial charge >= 0.3 is 12.1 Å². The third-order valence-electron chi connectivity index (χ3n) is 3.39. The molecule has 0 saturated heterocycles. The number of Topliss-reactive ketones (excluding diaryl/α,β-unsaturated/α-hetero) is 1. The number of rotatable bonds is 5. The first-order chi connectivity index (χ1) is 12.7. The Morgan fingerprint density at radius 2 is 1.85 bits per heavy atom. The fraction of sp³-hybridized carbons (Fsp3) is 0.118. The van der Waals surface area contributed by atoms with E-state index in [0.29, 0.717) is 0 Å². The summed E-state index contributed by atoms with van der Waals surface area (Å²) in [6.45, 7) is -0.332. The van der Waals surface area contributed by atoms with Crippen LogP contribution in [0.25, 0.3) is 11.4 Å². The Balaban J connectivity index is 1.66. The number of carbonyl (C=O) groups excluding carboxylic acids is 1. The third kappa shape index (κ3) is 4.51. The van der Waals surface area contributed by atoms with Crippen molar-refractivity contribution in [2.75, 3.05) is 6.61 Å². The van der Waals surface area contributed by atoms with E-state index in [1.807, 2.05) is 0 Å². The van der Waals surface area contributed by atoms with Crippen molar-refractivity contribution in [2.24, 2.45) is 0 Å². The molecule has 27 heavy (non-hydrogen) atoms. The van der Waals surface area contributed by atoms with Gasteiger partial charge in [0.2, 0.25) is 5.82 Å². The highest BCUT2D eigenvalue weighted by molar-refractivity contribution is 9.10. The van der Waals surface area contributed by atoms with Crippen molar-refractivity contribution in [1.82, 2.24) is 10.1 Å². The zero-order valence-corrected chi connectivity index (χ0v) is 14.8. The van der Waals surface area contributed by atoms with Crippen molar-refractivity contribution < 1.29 is 31.6 Å². The maximum atomic E-state index is 13.4. The van der Waals surface area contributed by atoms with E-state index in [2.05, 4.69) is 30.6 Å². The molecule has 0 spiro atoms. The van der Waals surface area contributed by atoms with E-state index >= 15 is 0 Å². The van der Waals surface area contributed by atoms with Crippen LogP contribution in [-0.4, -0.2) is 22.5 Å². The minimum atomic E-state index is -4.73. The number of nitrogens with zero attached hydrogens (tertiary/aromatic N) is 2. The van der Waals surface area contributed by atoms with Crippen molar-refractivity contribution in [1.29, 1.82) is 0 Å². The molecule has 0 saturated carbocycles. The highest BCUT2D eigenvalue weighted by Crippen LogP contribution is 2.29. The van der Waals surface area contributed by atoms with Gasteiger partial charge < -0.3 is 9.26 Å². The third-order valence-corrected chi connectivity index (χ3v) is 4.04. The molecule has 1 aromatic heterocycles. The molecule has 0 atom stereocenters. The Hall–Kier alpha value is -2.75. The predicted molar refractivity (Wildman–Crippen MR) is 88.7 cm³/mol. The van der Waals surface area contributed by atoms with E-state index in [9.17, 15) is 22.4 Å². The largest absolute Gasteiger partial charge is 0.485 e. The molecule has 2 aromatic carbocycles. The van der Waals surface area contributed by atoms with Crippen molar-refractivity contribution in [3.8, 4) is 17.1 Å². The van der Waals surface area contributed by atoms with Gasteiger partial charge in [0.1, 0.15) is 11.6 Å². The van der Waals surface area contributed by atoms with Crippen LogP contribution < -0.4 is 4.74 Å². The Morgan fingerprint density at radius 1 is 1.15 bits per heavy atom. The van der Waals surface area contributed by atoms with Crippen LogP contribution in [0.4, 0.5) is 17.6 Å². The van der Waals surface area contributed by atoms with E-state index in [0.717, 1.165) is 6.07 Å². The summed E-state index contributed by atoms with van der Waals surface area (Å²) in [5, 5.41) is 3.26. The van der Waals surface area contributed by atoms with Crippen LogP contribution in [0.15, 0.2) is 51.5 Å². The van der Waals surface area contributed by atoms with Gasteiger partial charge in [-0.25, -0.2) is 4.39 Å². The topological polar surface area (TPSA) is 65.2 Å². The highest BCUT2D eigenvalue weighted by atomic mass is 79.9. The molecule has 0 aliphatic carbocycles. The standard InChI is InChI=1S/C17H9BrF4N2O3/c18-12-6-5-11(7-13(12)19)26-8-14(25)9-1-3-10(4-2-9)15-23-16(27-24-15)17(20,21)22/h1-7H,8H2. The summed E-state index contributed by atoms with van der Waals surface area (Å²) in [4.78, 5) is 15.4. The van der Waals surface area contributed by atoms with Crippen LogP contribution in [0.3, 0.4) is 0 Å². The first-order valence-electron chi connectivity index (χ1n) is 7.36. The van der Waals surface area contributed by atoms with E-state index < -0.39 is 23.7 Å².